The van der Waals surface area contributed by atoms with Crippen LogP contribution in [0.4, 0.5) is 0 Å². The van der Waals surface area contributed by atoms with E-state index in [1.165, 1.54) is 0 Å². The van der Waals surface area contributed by atoms with Gasteiger partial charge in [-0.15, -0.1) is 0 Å². The Balaban J connectivity index is 0. The zero-order valence-electron chi connectivity index (χ0n) is 5.20. The van der Waals surface area contributed by atoms with Gasteiger partial charge in [0.1, 0.15) is 0 Å². The standard InChI is InChI=1S/C4H4N2.K.H/c1-2-6-4-3-5-1;;/h1-4H;;/q;+1;-1. The summed E-state index contributed by atoms with van der Waals surface area (Å²) >= 11 is 0. The fourth-order valence-corrected chi connectivity index (χ4v) is 0.253. The van der Waals surface area contributed by atoms with Crippen LogP contribution in [0.2, 0.25) is 0 Å². The third-order valence-electron chi connectivity index (χ3n) is 0.478. The van der Waals surface area contributed by atoms with Crippen LogP contribution >= 0.6 is 0 Å². The van der Waals surface area contributed by atoms with Crippen molar-refractivity contribution in [2.45, 2.75) is 0 Å². The van der Waals surface area contributed by atoms with Gasteiger partial charge in [0, 0.05) is 24.8 Å². The van der Waals surface area contributed by atoms with E-state index in [0.29, 0.717) is 0 Å². The van der Waals surface area contributed by atoms with Crippen LogP contribution in [-0.4, -0.2) is 9.97 Å². The zero-order valence-corrected chi connectivity index (χ0v) is 7.33. The van der Waals surface area contributed by atoms with Gasteiger partial charge < -0.3 is 1.43 Å². The second-order valence-electron chi connectivity index (χ2n) is 0.894. The first-order valence-electron chi connectivity index (χ1n) is 1.70. The number of nitrogens with zero attached hydrogens (tertiary/aromatic N) is 2. The average Bonchev–Trinajstić information content (AvgIpc) is 1.72. The molecule has 0 aliphatic carbocycles. The van der Waals surface area contributed by atoms with Crippen molar-refractivity contribution in [2.75, 3.05) is 0 Å². The number of hydrogen-bond donors (Lipinski definition) is 0. The normalized spacial score (nSPS) is 6.86. The number of aromatic nitrogens is 2. The molecule has 7 heavy (non-hydrogen) atoms. The van der Waals surface area contributed by atoms with Crippen molar-refractivity contribution < 1.29 is 52.8 Å². The van der Waals surface area contributed by atoms with E-state index >= 15 is 0 Å². The van der Waals surface area contributed by atoms with Gasteiger partial charge in [0.25, 0.3) is 0 Å². The molecule has 1 aromatic heterocycles. The maximum atomic E-state index is 3.72. The van der Waals surface area contributed by atoms with Crippen molar-refractivity contribution in [2.24, 2.45) is 0 Å². The zero-order chi connectivity index (χ0) is 4.24. The minimum absolute atomic E-state index is 0. The van der Waals surface area contributed by atoms with E-state index < -0.39 is 0 Å². The molecule has 0 atom stereocenters. The van der Waals surface area contributed by atoms with Crippen LogP contribution in [-0.2, 0) is 0 Å². The molecule has 32 valence electrons. The Morgan fingerprint density at radius 3 is 1.29 bits per heavy atom. The summed E-state index contributed by atoms with van der Waals surface area (Å²) in [7, 11) is 0. The monoisotopic (exact) mass is 120 g/mol. The van der Waals surface area contributed by atoms with Crippen molar-refractivity contribution in [1.82, 2.24) is 9.97 Å². The van der Waals surface area contributed by atoms with Crippen molar-refractivity contribution >= 4 is 0 Å². The second-order valence-corrected chi connectivity index (χ2v) is 0.894. The summed E-state index contributed by atoms with van der Waals surface area (Å²) in [5.74, 6) is 0. The van der Waals surface area contributed by atoms with Gasteiger partial charge >= 0.3 is 51.4 Å². The molecular formula is C4H5KN2. The van der Waals surface area contributed by atoms with E-state index in [0.717, 1.165) is 0 Å². The molecule has 0 saturated carbocycles. The van der Waals surface area contributed by atoms with Gasteiger partial charge in [-0.25, -0.2) is 0 Å². The molecule has 2 nitrogen and oxygen atoms in total. The first kappa shape index (κ1) is 7.72. The smallest absolute Gasteiger partial charge is 1.00 e. The summed E-state index contributed by atoms with van der Waals surface area (Å²) in [5.41, 5.74) is 0. The third kappa shape index (κ3) is 3.31. The maximum absolute atomic E-state index is 3.72. The molecule has 0 N–H and O–H groups in total. The van der Waals surface area contributed by atoms with Gasteiger partial charge in [-0.2, -0.15) is 0 Å². The Morgan fingerprint density at radius 2 is 1.14 bits per heavy atom. The Morgan fingerprint density at radius 1 is 0.857 bits per heavy atom. The molecule has 0 fully saturated rings. The fourth-order valence-electron chi connectivity index (χ4n) is 0.253. The molecule has 0 bridgehead atoms. The molecule has 0 saturated heterocycles. The largest absolute Gasteiger partial charge is 1.00 e. The predicted molar refractivity (Wildman–Crippen MR) is 23.1 cm³/mol. The summed E-state index contributed by atoms with van der Waals surface area (Å²) in [6, 6.07) is 0. The van der Waals surface area contributed by atoms with Crippen molar-refractivity contribution in [3.63, 3.8) is 0 Å². The molecule has 0 spiro atoms. The Hall–Kier alpha value is 0.716. The molecule has 1 aromatic rings. The molecule has 0 aliphatic rings. The third-order valence-corrected chi connectivity index (χ3v) is 0.478. The van der Waals surface area contributed by atoms with Crippen LogP contribution in [0.5, 0.6) is 0 Å². The van der Waals surface area contributed by atoms with Crippen LogP contribution in [0.3, 0.4) is 0 Å². The summed E-state index contributed by atoms with van der Waals surface area (Å²) in [6.45, 7) is 0. The number of rotatable bonds is 0. The van der Waals surface area contributed by atoms with Gasteiger partial charge in [0.15, 0.2) is 0 Å². The molecule has 1 rings (SSSR count). The van der Waals surface area contributed by atoms with Crippen LogP contribution < -0.4 is 51.4 Å². The minimum Gasteiger partial charge on any atom is -1.00 e. The molecule has 0 aliphatic heterocycles. The van der Waals surface area contributed by atoms with Gasteiger partial charge in [0.05, 0.1) is 0 Å². The average molecular weight is 120 g/mol. The van der Waals surface area contributed by atoms with Gasteiger partial charge in [-0.3, -0.25) is 9.97 Å². The second kappa shape index (κ2) is 4.87. The summed E-state index contributed by atoms with van der Waals surface area (Å²) in [6.07, 6.45) is 6.56. The van der Waals surface area contributed by atoms with E-state index in [2.05, 4.69) is 9.97 Å². The molecule has 1 heterocycles. The number of hydrogen-bond acceptors (Lipinski definition) is 2. The Bertz CT molecular complexity index is 86.0. The summed E-state index contributed by atoms with van der Waals surface area (Å²) < 4.78 is 0. The topological polar surface area (TPSA) is 25.8 Å². The van der Waals surface area contributed by atoms with Crippen molar-refractivity contribution in [1.29, 1.82) is 0 Å². The van der Waals surface area contributed by atoms with Crippen LogP contribution in [0.15, 0.2) is 24.8 Å². The molecule has 0 aromatic carbocycles. The summed E-state index contributed by atoms with van der Waals surface area (Å²) in [4.78, 5) is 7.44. The van der Waals surface area contributed by atoms with Crippen LogP contribution in [0.1, 0.15) is 1.43 Å². The first-order chi connectivity index (χ1) is 3.00. The van der Waals surface area contributed by atoms with Crippen molar-refractivity contribution in [3.8, 4) is 0 Å². The van der Waals surface area contributed by atoms with Crippen LogP contribution in [0, 0.1) is 0 Å². The van der Waals surface area contributed by atoms with Gasteiger partial charge in [0.2, 0.25) is 0 Å². The Labute approximate surface area is 86.3 Å². The molecule has 0 unspecified atom stereocenters. The molecule has 3 heteroatoms. The molecule has 0 radical (unpaired) electrons. The molecular weight excluding hydrogens is 115 g/mol. The first-order valence-corrected chi connectivity index (χ1v) is 1.70. The minimum atomic E-state index is 0. The Kier molecular flexibility index (Phi) is 5.36. The maximum Gasteiger partial charge on any atom is 1.00 e. The van der Waals surface area contributed by atoms with Crippen molar-refractivity contribution in [3.05, 3.63) is 24.8 Å². The predicted octanol–water partition coefficient (Wildman–Crippen LogP) is -2.41. The van der Waals surface area contributed by atoms with E-state index in [9.17, 15) is 0 Å². The van der Waals surface area contributed by atoms with Gasteiger partial charge in [-0.05, 0) is 0 Å². The summed E-state index contributed by atoms with van der Waals surface area (Å²) in [5, 5.41) is 0. The quantitative estimate of drug-likeness (QED) is 0.356. The fraction of sp³-hybridized carbons (Fsp3) is 0. The van der Waals surface area contributed by atoms with E-state index in [-0.39, 0.29) is 52.8 Å². The van der Waals surface area contributed by atoms with E-state index in [1.807, 2.05) is 0 Å². The van der Waals surface area contributed by atoms with Gasteiger partial charge in [-0.1, -0.05) is 0 Å². The van der Waals surface area contributed by atoms with E-state index in [4.69, 9.17) is 0 Å². The van der Waals surface area contributed by atoms with Crippen LogP contribution in [0.25, 0.3) is 0 Å². The molecule has 0 amide bonds. The SMILES string of the molecule is [H-].[K+].c1cnccn1. The van der Waals surface area contributed by atoms with E-state index in [1.54, 1.807) is 24.8 Å².